The van der Waals surface area contributed by atoms with Crippen molar-refractivity contribution in [1.29, 1.82) is 0 Å². The van der Waals surface area contributed by atoms with Crippen LogP contribution in [0.2, 0.25) is 0 Å². The van der Waals surface area contributed by atoms with Gasteiger partial charge in [0, 0.05) is 0 Å². The third kappa shape index (κ3) is 70.5. The highest BCUT2D eigenvalue weighted by Gasteiger charge is 2.15. The van der Waals surface area contributed by atoms with Crippen molar-refractivity contribution >= 4 is 0 Å². The highest BCUT2D eigenvalue weighted by molar-refractivity contribution is 5.53. The van der Waals surface area contributed by atoms with Crippen LogP contribution in [0.4, 0.5) is 0 Å². The molecule has 0 aliphatic carbocycles. The average molecular weight is 1320 g/mol. The van der Waals surface area contributed by atoms with E-state index in [1.165, 1.54) is 487 Å². The molecule has 0 saturated carbocycles. The fourth-order valence-corrected chi connectivity index (χ4v) is 14.9. The summed E-state index contributed by atoms with van der Waals surface area (Å²) in [5.41, 5.74) is 1.20. The molecule has 1 rings (SSSR count). The highest BCUT2D eigenvalue weighted by atomic mass is 16.5. The first-order valence-electron chi connectivity index (χ1n) is 44.8. The van der Waals surface area contributed by atoms with Crippen LogP contribution in [0.15, 0.2) is 12.1 Å². The molecule has 0 spiro atoms. The van der Waals surface area contributed by atoms with Gasteiger partial charge in [0.15, 0.2) is 11.5 Å². The van der Waals surface area contributed by atoms with Crippen LogP contribution in [0.3, 0.4) is 0 Å². The van der Waals surface area contributed by atoms with E-state index < -0.39 is 0 Å². The molecule has 0 atom stereocenters. The summed E-state index contributed by atoms with van der Waals surface area (Å²) >= 11 is 0. The molecule has 0 radical (unpaired) electrons. The van der Waals surface area contributed by atoms with Crippen LogP contribution < -0.4 is 14.2 Å². The lowest BCUT2D eigenvalue weighted by Crippen LogP contribution is -2.06. The molecule has 0 unspecified atom stereocenters. The second-order valence-electron chi connectivity index (χ2n) is 31.2. The minimum absolute atomic E-state index is 0.744. The molecular formula is C91H176O3. The number of hydrogen-bond acceptors (Lipinski definition) is 3. The Kier molecular flexibility index (Phi) is 77.7. The molecule has 0 heterocycles. The molecule has 0 saturated heterocycles. The van der Waals surface area contributed by atoms with E-state index in [4.69, 9.17) is 14.2 Å². The van der Waals surface area contributed by atoms with E-state index in [1.54, 1.807) is 0 Å². The Bertz CT molecular complexity index is 1440. The molecule has 3 heteroatoms. The fourth-order valence-electron chi connectivity index (χ4n) is 14.9. The standard InChI is InChI=1S/C91H176O3/c1-5-8-11-14-17-20-23-26-29-32-35-38-41-44-47-50-53-56-59-62-65-68-71-74-77-80-83-92-89-86-88(4)87-90(93-84-81-78-75-72-69-66-63-60-57-54-51-48-45-42-39-36-33-30-27-24-21-18-15-12-9-6-2)91(89)94-85-82-79-76-73-70-67-64-61-58-55-52-49-46-43-40-37-34-31-28-25-22-19-16-13-10-7-3/h86-87H,5-85H2,1-4H3. The van der Waals surface area contributed by atoms with E-state index in [0.29, 0.717) is 0 Å². The third-order valence-electron chi connectivity index (χ3n) is 21.4. The maximum absolute atomic E-state index is 6.65. The molecule has 0 N–H and O–H groups in total. The van der Waals surface area contributed by atoms with Gasteiger partial charge in [-0.2, -0.15) is 0 Å². The van der Waals surface area contributed by atoms with Gasteiger partial charge in [0.1, 0.15) is 0 Å². The van der Waals surface area contributed by atoms with Gasteiger partial charge in [-0.15, -0.1) is 0 Å². The monoisotopic (exact) mass is 1320 g/mol. The number of benzene rings is 1. The normalized spacial score (nSPS) is 11.7. The zero-order valence-corrected chi connectivity index (χ0v) is 65.7. The summed E-state index contributed by atoms with van der Waals surface area (Å²) in [6, 6.07) is 4.40. The Morgan fingerprint density at radius 1 is 0.160 bits per heavy atom. The molecule has 1 aromatic carbocycles. The molecule has 0 aliphatic rings. The minimum atomic E-state index is 0.744. The maximum atomic E-state index is 6.65. The van der Waals surface area contributed by atoms with Crippen LogP contribution in [0, 0.1) is 6.92 Å². The van der Waals surface area contributed by atoms with Crippen LogP contribution in [0.5, 0.6) is 17.2 Å². The van der Waals surface area contributed by atoms with Crippen molar-refractivity contribution in [3.8, 4) is 17.2 Å². The Labute approximate surface area is 594 Å². The van der Waals surface area contributed by atoms with E-state index in [0.717, 1.165) is 56.3 Å². The molecule has 0 aromatic heterocycles. The maximum Gasteiger partial charge on any atom is 0.203 e. The van der Waals surface area contributed by atoms with Gasteiger partial charge < -0.3 is 14.2 Å². The second kappa shape index (κ2) is 80.6. The predicted molar refractivity (Wildman–Crippen MR) is 425 cm³/mol. The Hall–Kier alpha value is -1.38. The zero-order valence-electron chi connectivity index (χ0n) is 65.7. The van der Waals surface area contributed by atoms with Gasteiger partial charge in [0.05, 0.1) is 19.8 Å². The molecule has 0 amide bonds. The highest BCUT2D eigenvalue weighted by Crippen LogP contribution is 2.40. The number of rotatable bonds is 84. The topological polar surface area (TPSA) is 27.7 Å². The Balaban J connectivity index is 2.26. The first-order chi connectivity index (χ1) is 46.7. The summed E-state index contributed by atoms with van der Waals surface area (Å²) < 4.78 is 19.8. The van der Waals surface area contributed by atoms with Gasteiger partial charge in [0.25, 0.3) is 0 Å². The number of unbranched alkanes of at least 4 members (excludes halogenated alkanes) is 75. The van der Waals surface area contributed by atoms with Gasteiger partial charge in [-0.25, -0.2) is 0 Å². The Morgan fingerprint density at radius 3 is 0.415 bits per heavy atom. The Morgan fingerprint density at radius 2 is 0.277 bits per heavy atom. The summed E-state index contributed by atoms with van der Waals surface area (Å²) in [7, 11) is 0. The van der Waals surface area contributed by atoms with Crippen molar-refractivity contribution < 1.29 is 14.2 Å². The average Bonchev–Trinajstić information content (AvgIpc) is 0.853. The first-order valence-corrected chi connectivity index (χ1v) is 44.8. The lowest BCUT2D eigenvalue weighted by molar-refractivity contribution is 0.234. The van der Waals surface area contributed by atoms with Gasteiger partial charge in [-0.3, -0.25) is 0 Å². The van der Waals surface area contributed by atoms with Crippen LogP contribution in [0.25, 0.3) is 0 Å². The summed E-state index contributed by atoms with van der Waals surface area (Å²) in [6.45, 7) is 11.4. The molecule has 94 heavy (non-hydrogen) atoms. The predicted octanol–water partition coefficient (Wildman–Crippen LogP) is 33.6. The quantitative estimate of drug-likeness (QED) is 0.0609. The largest absolute Gasteiger partial charge is 0.490 e. The van der Waals surface area contributed by atoms with Crippen molar-refractivity contribution in [3.05, 3.63) is 17.7 Å². The summed E-state index contributed by atoms with van der Waals surface area (Å²) in [6.07, 6.45) is 111. The fraction of sp³-hybridized carbons (Fsp3) is 0.934. The zero-order chi connectivity index (χ0) is 67.1. The van der Waals surface area contributed by atoms with E-state index in [9.17, 15) is 0 Å². The van der Waals surface area contributed by atoms with Gasteiger partial charge in [0.2, 0.25) is 5.75 Å². The molecule has 0 fully saturated rings. The molecule has 558 valence electrons. The smallest absolute Gasteiger partial charge is 0.203 e. The third-order valence-corrected chi connectivity index (χ3v) is 21.4. The molecular weight excluding hydrogens is 1140 g/mol. The lowest BCUT2D eigenvalue weighted by atomic mass is 10.0. The van der Waals surface area contributed by atoms with E-state index in [-0.39, 0.29) is 0 Å². The van der Waals surface area contributed by atoms with Crippen molar-refractivity contribution in [1.82, 2.24) is 0 Å². The van der Waals surface area contributed by atoms with Crippen molar-refractivity contribution in [2.24, 2.45) is 0 Å². The van der Waals surface area contributed by atoms with Gasteiger partial charge >= 0.3 is 0 Å². The number of ether oxygens (including phenoxy) is 3. The summed E-state index contributed by atoms with van der Waals surface area (Å²) in [5, 5.41) is 0. The summed E-state index contributed by atoms with van der Waals surface area (Å²) in [4.78, 5) is 0. The van der Waals surface area contributed by atoms with Crippen LogP contribution in [-0.2, 0) is 0 Å². The van der Waals surface area contributed by atoms with Crippen LogP contribution in [0.1, 0.15) is 527 Å². The van der Waals surface area contributed by atoms with Gasteiger partial charge in [-0.1, -0.05) is 502 Å². The number of aryl methyl sites for hydroxylation is 1. The number of hydrogen-bond donors (Lipinski definition) is 0. The van der Waals surface area contributed by atoms with E-state index in [2.05, 4.69) is 39.8 Å². The lowest BCUT2D eigenvalue weighted by Gasteiger charge is -2.18. The SMILES string of the molecule is CCCCCCCCCCCCCCCCCCCCCCCCCCCCOc1cc(C)cc(OCCCCCCCCCCCCCCCCCCCCCCCCCCCC)c1OCCCCCCCCCCCCCCCCCCCCCCCCCCCC. The van der Waals surface area contributed by atoms with E-state index >= 15 is 0 Å². The molecule has 0 bridgehead atoms. The second-order valence-corrected chi connectivity index (χ2v) is 31.2. The van der Waals surface area contributed by atoms with Crippen LogP contribution >= 0.6 is 0 Å². The van der Waals surface area contributed by atoms with Gasteiger partial charge in [-0.05, 0) is 43.9 Å². The van der Waals surface area contributed by atoms with Crippen molar-refractivity contribution in [2.45, 2.75) is 529 Å². The molecule has 0 aliphatic heterocycles. The molecule has 3 nitrogen and oxygen atoms in total. The van der Waals surface area contributed by atoms with Crippen molar-refractivity contribution in [3.63, 3.8) is 0 Å². The van der Waals surface area contributed by atoms with Crippen LogP contribution in [-0.4, -0.2) is 19.8 Å². The van der Waals surface area contributed by atoms with E-state index in [1.807, 2.05) is 0 Å². The first kappa shape index (κ1) is 90.6. The minimum Gasteiger partial charge on any atom is -0.490 e. The summed E-state index contributed by atoms with van der Waals surface area (Å²) in [5.74, 6) is 2.65. The van der Waals surface area contributed by atoms with Crippen molar-refractivity contribution in [2.75, 3.05) is 19.8 Å². The molecule has 1 aromatic rings.